The summed E-state index contributed by atoms with van der Waals surface area (Å²) >= 11 is 0. The predicted molar refractivity (Wildman–Crippen MR) is 134 cm³/mol. The molecule has 5 aromatic rings. The zero-order chi connectivity index (χ0) is 22.4. The smallest absolute Gasteiger partial charge is 0.159 e. The topological polar surface area (TPSA) is 38.7 Å². The molecule has 0 unspecified atom stereocenters. The van der Waals surface area contributed by atoms with Crippen molar-refractivity contribution in [1.29, 1.82) is 0 Å². The Balaban J connectivity index is 1.44. The molecular weight excluding hydrogens is 402 g/mol. The van der Waals surface area contributed by atoms with Crippen LogP contribution >= 0.6 is 0 Å². The van der Waals surface area contributed by atoms with Crippen molar-refractivity contribution >= 4 is 0 Å². The molecule has 1 aliphatic rings. The highest BCUT2D eigenvalue weighted by atomic mass is 14.9. The average Bonchev–Trinajstić information content (AvgIpc) is 3.11. The van der Waals surface area contributed by atoms with Gasteiger partial charge in [0.05, 0.1) is 11.4 Å². The van der Waals surface area contributed by atoms with Crippen molar-refractivity contribution in [2.45, 2.75) is 19.3 Å². The first-order chi connectivity index (χ1) is 16.1. The second-order valence-corrected chi connectivity index (χ2v) is 9.01. The Morgan fingerprint density at radius 2 is 1.24 bits per heavy atom. The molecule has 33 heavy (non-hydrogen) atoms. The van der Waals surface area contributed by atoms with E-state index in [1.807, 2.05) is 36.7 Å². The molecule has 0 amide bonds. The number of hydrogen-bond donors (Lipinski definition) is 0. The number of rotatable bonds is 3. The predicted octanol–water partition coefficient (Wildman–Crippen LogP) is 7.18. The molecule has 0 saturated heterocycles. The fraction of sp³-hybridized carbons (Fsp3) is 0.100. The largest absolute Gasteiger partial charge is 0.256 e. The number of fused-ring (bicyclic) bond motifs is 3. The highest BCUT2D eigenvalue weighted by Crippen LogP contribution is 2.48. The van der Waals surface area contributed by atoms with E-state index >= 15 is 0 Å². The van der Waals surface area contributed by atoms with Gasteiger partial charge in [-0.25, -0.2) is 9.97 Å². The number of hydrogen-bond acceptors (Lipinski definition) is 3. The van der Waals surface area contributed by atoms with Crippen molar-refractivity contribution in [2.24, 2.45) is 0 Å². The molecule has 0 N–H and O–H groups in total. The van der Waals surface area contributed by atoms with Gasteiger partial charge in [-0.2, -0.15) is 0 Å². The number of pyridine rings is 1. The van der Waals surface area contributed by atoms with Crippen LogP contribution in [-0.4, -0.2) is 15.0 Å². The summed E-state index contributed by atoms with van der Waals surface area (Å²) < 4.78 is 0. The van der Waals surface area contributed by atoms with Gasteiger partial charge in [-0.3, -0.25) is 4.98 Å². The lowest BCUT2D eigenvalue weighted by molar-refractivity contribution is 0.633. The van der Waals surface area contributed by atoms with E-state index in [2.05, 4.69) is 80.6 Å². The van der Waals surface area contributed by atoms with Crippen molar-refractivity contribution in [2.75, 3.05) is 0 Å². The van der Waals surface area contributed by atoms with E-state index in [0.29, 0.717) is 0 Å². The molecule has 0 bridgehead atoms. The molecule has 0 saturated carbocycles. The molecule has 0 radical (unpaired) electrons. The Morgan fingerprint density at radius 3 is 2.00 bits per heavy atom. The number of benzene rings is 3. The van der Waals surface area contributed by atoms with Crippen LogP contribution in [0, 0.1) is 0 Å². The SMILES string of the molecule is CC1(C)c2cnc(-c3ccccc3)cc2-c2cnc(-c3cccc(-c4ccccc4)c3)nc21. The molecular formula is C30H23N3. The first kappa shape index (κ1) is 19.6. The zero-order valence-corrected chi connectivity index (χ0v) is 18.7. The van der Waals surface area contributed by atoms with Gasteiger partial charge < -0.3 is 0 Å². The van der Waals surface area contributed by atoms with Gasteiger partial charge in [0.1, 0.15) is 0 Å². The van der Waals surface area contributed by atoms with Crippen LogP contribution in [0.5, 0.6) is 0 Å². The molecule has 0 atom stereocenters. The van der Waals surface area contributed by atoms with E-state index in [-0.39, 0.29) is 5.41 Å². The minimum absolute atomic E-state index is 0.235. The average molecular weight is 426 g/mol. The van der Waals surface area contributed by atoms with Crippen LogP contribution in [0.1, 0.15) is 25.1 Å². The van der Waals surface area contributed by atoms with Crippen LogP contribution in [0.15, 0.2) is 103 Å². The Bertz CT molecular complexity index is 1470. The quantitative estimate of drug-likeness (QED) is 0.307. The van der Waals surface area contributed by atoms with Crippen molar-refractivity contribution in [1.82, 2.24) is 15.0 Å². The summed E-state index contributed by atoms with van der Waals surface area (Å²) in [6, 6.07) is 31.3. The van der Waals surface area contributed by atoms with Gasteiger partial charge in [0.15, 0.2) is 5.82 Å². The van der Waals surface area contributed by atoms with E-state index in [4.69, 9.17) is 15.0 Å². The van der Waals surface area contributed by atoms with Crippen molar-refractivity contribution in [3.05, 3.63) is 115 Å². The van der Waals surface area contributed by atoms with Crippen LogP contribution in [0.4, 0.5) is 0 Å². The summed E-state index contributed by atoms with van der Waals surface area (Å²) in [5, 5.41) is 0. The van der Waals surface area contributed by atoms with Gasteiger partial charge in [-0.05, 0) is 34.4 Å². The molecule has 158 valence electrons. The number of aromatic nitrogens is 3. The second kappa shape index (κ2) is 7.49. The summed E-state index contributed by atoms with van der Waals surface area (Å²) in [5.74, 6) is 0.753. The van der Waals surface area contributed by atoms with E-state index in [1.54, 1.807) is 0 Å². The summed E-state index contributed by atoms with van der Waals surface area (Å²) in [6.45, 7) is 4.44. The zero-order valence-electron chi connectivity index (χ0n) is 18.7. The minimum atomic E-state index is -0.235. The Morgan fingerprint density at radius 1 is 0.576 bits per heavy atom. The third-order valence-corrected chi connectivity index (χ3v) is 6.55. The fourth-order valence-electron chi connectivity index (χ4n) is 4.73. The van der Waals surface area contributed by atoms with Crippen molar-refractivity contribution in [3.63, 3.8) is 0 Å². The molecule has 6 rings (SSSR count). The minimum Gasteiger partial charge on any atom is -0.256 e. The molecule has 1 aliphatic carbocycles. The van der Waals surface area contributed by atoms with Gasteiger partial charge in [-0.15, -0.1) is 0 Å². The van der Waals surface area contributed by atoms with Gasteiger partial charge >= 0.3 is 0 Å². The molecule has 3 nitrogen and oxygen atoms in total. The molecule has 0 spiro atoms. The summed E-state index contributed by atoms with van der Waals surface area (Å²) in [4.78, 5) is 14.7. The van der Waals surface area contributed by atoms with E-state index in [9.17, 15) is 0 Å². The van der Waals surface area contributed by atoms with E-state index in [0.717, 1.165) is 39.5 Å². The van der Waals surface area contributed by atoms with Crippen LogP contribution < -0.4 is 0 Å². The van der Waals surface area contributed by atoms with Crippen LogP contribution in [0.2, 0.25) is 0 Å². The van der Waals surface area contributed by atoms with Crippen molar-refractivity contribution in [3.8, 4) is 44.9 Å². The van der Waals surface area contributed by atoms with Gasteiger partial charge in [-0.1, -0.05) is 92.7 Å². The van der Waals surface area contributed by atoms with E-state index < -0.39 is 0 Å². The normalized spacial score (nSPS) is 13.4. The summed E-state index contributed by atoms with van der Waals surface area (Å²) in [5.41, 5.74) is 9.74. The Labute approximate surface area is 193 Å². The maximum absolute atomic E-state index is 5.09. The van der Waals surface area contributed by atoms with Crippen LogP contribution in [0.25, 0.3) is 44.9 Å². The maximum Gasteiger partial charge on any atom is 0.159 e. The molecule has 0 aliphatic heterocycles. The fourth-order valence-corrected chi connectivity index (χ4v) is 4.73. The highest BCUT2D eigenvalue weighted by Gasteiger charge is 2.38. The lowest BCUT2D eigenvalue weighted by Crippen LogP contribution is -2.17. The maximum atomic E-state index is 5.09. The standard InChI is InChI=1S/C30H23N3/c1-30(2)26-19-31-27(21-12-7-4-8-13-21)17-24(26)25-18-32-29(33-28(25)30)23-15-9-14-22(16-23)20-10-5-3-6-11-20/h3-19H,1-2H3. The number of nitrogens with zero attached hydrogens (tertiary/aromatic N) is 3. The van der Waals surface area contributed by atoms with Crippen molar-refractivity contribution < 1.29 is 0 Å². The summed E-state index contributed by atoms with van der Waals surface area (Å²) in [7, 11) is 0. The Hall–Kier alpha value is -4.11. The molecule has 2 aromatic heterocycles. The molecule has 0 fully saturated rings. The monoisotopic (exact) mass is 425 g/mol. The third-order valence-electron chi connectivity index (χ3n) is 6.55. The van der Waals surface area contributed by atoms with E-state index in [1.165, 1.54) is 16.7 Å². The molecule has 3 aromatic carbocycles. The van der Waals surface area contributed by atoms with Crippen LogP contribution in [-0.2, 0) is 5.41 Å². The first-order valence-electron chi connectivity index (χ1n) is 11.2. The molecule has 3 heteroatoms. The summed E-state index contributed by atoms with van der Waals surface area (Å²) in [6.07, 6.45) is 3.99. The third kappa shape index (κ3) is 3.25. The lowest BCUT2D eigenvalue weighted by Gasteiger charge is -2.20. The van der Waals surface area contributed by atoms with Gasteiger partial charge in [0.2, 0.25) is 0 Å². The van der Waals surface area contributed by atoms with Crippen LogP contribution in [0.3, 0.4) is 0 Å². The highest BCUT2D eigenvalue weighted by molar-refractivity contribution is 5.82. The first-order valence-corrected chi connectivity index (χ1v) is 11.2. The lowest BCUT2D eigenvalue weighted by atomic mass is 9.86. The van der Waals surface area contributed by atoms with Gasteiger partial charge in [0, 0.05) is 34.5 Å². The Kier molecular flexibility index (Phi) is 4.44. The second-order valence-electron chi connectivity index (χ2n) is 9.01. The molecule has 2 heterocycles. The van der Waals surface area contributed by atoms with Gasteiger partial charge in [0.25, 0.3) is 0 Å².